The Bertz CT molecular complexity index is 16.0. The van der Waals surface area contributed by atoms with E-state index < -0.39 is 0 Å². The second kappa shape index (κ2) is 23.7. The van der Waals surface area contributed by atoms with Gasteiger partial charge in [-0.05, 0) is 0 Å². The summed E-state index contributed by atoms with van der Waals surface area (Å²) < 4.78 is 0. The van der Waals surface area contributed by atoms with Gasteiger partial charge in [-0.25, -0.2) is 0 Å². The summed E-state index contributed by atoms with van der Waals surface area (Å²) in [5.74, 6) is 0. The molecule has 0 fully saturated rings. The third-order valence-corrected chi connectivity index (χ3v) is 0.604. The SMILES string of the molecule is [CH2-]CCCC.[CH2-]S.[Y+3]. The molecule has 0 nitrogen and oxygen atoms in total. The van der Waals surface area contributed by atoms with Gasteiger partial charge in [0.25, 0.3) is 0 Å². The minimum Gasteiger partial charge on any atom is -0.372 e. The first-order valence-corrected chi connectivity index (χ1v) is 3.16. The summed E-state index contributed by atoms with van der Waals surface area (Å²) in [7, 11) is 0. The van der Waals surface area contributed by atoms with Crippen LogP contribution in [-0.2, 0) is 32.7 Å². The van der Waals surface area contributed by atoms with E-state index in [1.807, 2.05) is 0 Å². The maximum Gasteiger partial charge on any atom is 3.00 e. The Labute approximate surface area is 84.1 Å². The van der Waals surface area contributed by atoms with Crippen molar-refractivity contribution < 1.29 is 32.7 Å². The molecule has 2 heteroatoms. The van der Waals surface area contributed by atoms with Gasteiger partial charge in [-0.2, -0.15) is 6.42 Å². The van der Waals surface area contributed by atoms with Crippen molar-refractivity contribution in [3.63, 3.8) is 0 Å². The van der Waals surface area contributed by atoms with Crippen molar-refractivity contribution in [2.45, 2.75) is 26.2 Å². The number of rotatable bonds is 2. The predicted octanol–water partition coefficient (Wildman–Crippen LogP) is 2.72. The molecule has 0 saturated carbocycles. The third-order valence-electron chi connectivity index (χ3n) is 0.604. The normalized spacial score (nSPS) is 6.00. The van der Waals surface area contributed by atoms with E-state index in [1.165, 1.54) is 12.8 Å². The second-order valence-electron chi connectivity index (χ2n) is 1.21. The molecular weight excluding hydrogens is 193 g/mol. The van der Waals surface area contributed by atoms with Crippen LogP contribution < -0.4 is 0 Å². The molecule has 0 aliphatic rings. The molecule has 0 radical (unpaired) electrons. The Morgan fingerprint density at radius 2 is 1.75 bits per heavy atom. The Morgan fingerprint density at radius 1 is 1.38 bits per heavy atom. The van der Waals surface area contributed by atoms with Crippen molar-refractivity contribution in [1.29, 1.82) is 0 Å². The molecule has 0 heterocycles. The largest absolute Gasteiger partial charge is 3.00 e. The summed E-state index contributed by atoms with van der Waals surface area (Å²) in [5, 5.41) is 0. The van der Waals surface area contributed by atoms with Crippen molar-refractivity contribution in [2.75, 3.05) is 0 Å². The van der Waals surface area contributed by atoms with E-state index >= 15 is 0 Å². The average molecular weight is 207 g/mol. The zero-order chi connectivity index (χ0) is 6.12. The molecule has 8 heavy (non-hydrogen) atoms. The van der Waals surface area contributed by atoms with Gasteiger partial charge in [0.1, 0.15) is 0 Å². The van der Waals surface area contributed by atoms with Gasteiger partial charge in [0.2, 0.25) is 0 Å². The Hall–Kier alpha value is 1.45. The molecule has 0 aromatic carbocycles. The van der Waals surface area contributed by atoms with Crippen LogP contribution in [0, 0.1) is 13.2 Å². The molecule has 0 unspecified atom stereocenters. The molecule has 0 aromatic heterocycles. The molecule has 0 N–H and O–H groups in total. The molecule has 0 rings (SSSR count). The van der Waals surface area contributed by atoms with E-state index in [-0.39, 0.29) is 32.7 Å². The summed E-state index contributed by atoms with van der Waals surface area (Å²) in [5.41, 5.74) is 0. The fourth-order valence-corrected chi connectivity index (χ4v) is 0.250. The van der Waals surface area contributed by atoms with E-state index in [0.29, 0.717) is 0 Å². The number of hydrogen-bond donors (Lipinski definition) is 1. The first-order valence-electron chi connectivity index (χ1n) is 2.52. The predicted molar refractivity (Wildman–Crippen MR) is 39.2 cm³/mol. The molecule has 0 atom stereocenters. The number of hydrogen-bond acceptors (Lipinski definition) is 1. The van der Waals surface area contributed by atoms with Gasteiger partial charge in [0.05, 0.1) is 0 Å². The third kappa shape index (κ3) is 26.0. The first kappa shape index (κ1) is 16.2. The molecule has 0 aliphatic carbocycles. The molecular formula is C6H14SY+. The molecule has 0 aromatic rings. The van der Waals surface area contributed by atoms with E-state index in [4.69, 9.17) is 0 Å². The van der Waals surface area contributed by atoms with Crippen LogP contribution in [-0.4, -0.2) is 0 Å². The molecule has 0 saturated heterocycles. The maximum atomic E-state index is 3.68. The van der Waals surface area contributed by atoms with Crippen molar-refractivity contribution in [3.8, 4) is 0 Å². The van der Waals surface area contributed by atoms with Crippen molar-refractivity contribution in [1.82, 2.24) is 0 Å². The standard InChI is InChI=1S/C5H11.CH3S.Y/c1-3-5-4-2;1-2;/h1,3-5H2,2H3;2H,1H2;/q2*-1;+3. The summed E-state index contributed by atoms with van der Waals surface area (Å²) in [6.45, 7) is 5.85. The summed E-state index contributed by atoms with van der Waals surface area (Å²) in [6.07, 6.45) is 6.60. The quantitative estimate of drug-likeness (QED) is 0.522. The van der Waals surface area contributed by atoms with Gasteiger partial charge in [-0.1, -0.05) is 19.8 Å². The van der Waals surface area contributed by atoms with Crippen LogP contribution in [0.4, 0.5) is 0 Å². The minimum atomic E-state index is 0. The van der Waals surface area contributed by atoms with Gasteiger partial charge < -0.3 is 19.6 Å². The summed E-state index contributed by atoms with van der Waals surface area (Å²) in [6, 6.07) is 0. The van der Waals surface area contributed by atoms with Crippen LogP contribution in [0.15, 0.2) is 0 Å². The van der Waals surface area contributed by atoms with E-state index in [1.54, 1.807) is 0 Å². The summed E-state index contributed by atoms with van der Waals surface area (Å²) in [4.78, 5) is 0. The van der Waals surface area contributed by atoms with E-state index in [9.17, 15) is 0 Å². The van der Waals surface area contributed by atoms with Gasteiger partial charge in [-0.15, -0.1) is 0 Å². The van der Waals surface area contributed by atoms with Crippen molar-refractivity contribution in [2.24, 2.45) is 0 Å². The minimum absolute atomic E-state index is 0. The Morgan fingerprint density at radius 3 is 1.75 bits per heavy atom. The van der Waals surface area contributed by atoms with Crippen molar-refractivity contribution in [3.05, 3.63) is 13.2 Å². The van der Waals surface area contributed by atoms with E-state index in [0.717, 1.165) is 6.42 Å². The van der Waals surface area contributed by atoms with Crippen LogP contribution >= 0.6 is 12.6 Å². The number of unbranched alkanes of at least 4 members (excludes halogenated alkanes) is 2. The van der Waals surface area contributed by atoms with E-state index in [2.05, 4.69) is 32.7 Å². The molecule has 0 spiro atoms. The molecule has 0 bridgehead atoms. The monoisotopic (exact) mass is 207 g/mol. The van der Waals surface area contributed by atoms with Gasteiger partial charge in [0, 0.05) is 0 Å². The average Bonchev–Trinajstić information content (AvgIpc) is 1.75. The smallest absolute Gasteiger partial charge is 0.372 e. The second-order valence-corrected chi connectivity index (χ2v) is 1.21. The van der Waals surface area contributed by atoms with Gasteiger partial charge >= 0.3 is 32.7 Å². The fourth-order valence-electron chi connectivity index (χ4n) is 0.250. The van der Waals surface area contributed by atoms with Gasteiger partial charge in [0.15, 0.2) is 0 Å². The fraction of sp³-hybridized carbons (Fsp3) is 0.667. The topological polar surface area (TPSA) is 0 Å². The van der Waals surface area contributed by atoms with Gasteiger partial charge in [-0.3, -0.25) is 6.26 Å². The Balaban J connectivity index is -0.0000000750. The molecule has 0 amide bonds. The zero-order valence-corrected chi connectivity index (χ0v) is 9.29. The maximum absolute atomic E-state index is 3.68. The number of thiol groups is 1. The molecule has 0 aliphatic heterocycles. The first-order chi connectivity index (χ1) is 3.41. The van der Waals surface area contributed by atoms with Crippen LogP contribution in [0.5, 0.6) is 0 Å². The van der Waals surface area contributed by atoms with Crippen LogP contribution in [0.2, 0.25) is 0 Å². The van der Waals surface area contributed by atoms with Crippen molar-refractivity contribution >= 4 is 12.6 Å². The molecule has 46 valence electrons. The van der Waals surface area contributed by atoms with Crippen LogP contribution in [0.25, 0.3) is 0 Å². The Kier molecular flexibility index (Phi) is 48.0. The summed E-state index contributed by atoms with van der Waals surface area (Å²) >= 11 is 3.28. The van der Waals surface area contributed by atoms with Crippen LogP contribution in [0.3, 0.4) is 0 Å². The van der Waals surface area contributed by atoms with Crippen LogP contribution in [0.1, 0.15) is 26.2 Å². The zero-order valence-electron chi connectivity index (χ0n) is 5.56.